The third-order valence-corrected chi connectivity index (χ3v) is 3.45. The fourth-order valence-electron chi connectivity index (χ4n) is 2.08. The van der Waals surface area contributed by atoms with Crippen molar-refractivity contribution in [2.24, 2.45) is 0 Å². The Morgan fingerprint density at radius 3 is 2.79 bits per heavy atom. The largest absolute Gasteiger partial charge is 0.497 e. The van der Waals surface area contributed by atoms with Gasteiger partial charge in [-0.1, -0.05) is 22.0 Å². The zero-order valence-electron chi connectivity index (χ0n) is 10.2. The lowest BCUT2D eigenvalue weighted by atomic mass is 10.2. The second-order valence-corrected chi connectivity index (χ2v) is 5.04. The van der Waals surface area contributed by atoms with Crippen LogP contribution in [0, 0.1) is 0 Å². The molecule has 1 N–H and O–H groups in total. The monoisotopic (exact) mass is 318 g/mol. The van der Waals surface area contributed by atoms with E-state index >= 15 is 0 Å². The van der Waals surface area contributed by atoms with E-state index < -0.39 is 0 Å². The maximum Gasteiger partial charge on any atom is 0.331 e. The molecule has 1 heterocycles. The van der Waals surface area contributed by atoms with Crippen LogP contribution in [-0.4, -0.2) is 16.7 Å². The molecule has 0 saturated heterocycles. The van der Waals surface area contributed by atoms with Gasteiger partial charge in [0.05, 0.1) is 23.8 Å². The van der Waals surface area contributed by atoms with Crippen molar-refractivity contribution in [1.29, 1.82) is 0 Å². The van der Waals surface area contributed by atoms with Crippen LogP contribution in [0.3, 0.4) is 0 Å². The highest BCUT2D eigenvalue weighted by molar-refractivity contribution is 9.10. The predicted molar refractivity (Wildman–Crippen MR) is 78.1 cm³/mol. The summed E-state index contributed by atoms with van der Waals surface area (Å²) in [6, 6.07) is 13.1. The van der Waals surface area contributed by atoms with Gasteiger partial charge in [-0.25, -0.2) is 4.79 Å². The molecule has 2 aromatic carbocycles. The molecular formula is C14H11BrN2O2. The maximum atomic E-state index is 12.1. The van der Waals surface area contributed by atoms with Gasteiger partial charge in [-0.2, -0.15) is 0 Å². The molecular weight excluding hydrogens is 308 g/mol. The maximum absolute atomic E-state index is 12.1. The van der Waals surface area contributed by atoms with E-state index in [-0.39, 0.29) is 5.69 Å². The molecule has 0 aliphatic heterocycles. The Bertz CT molecular complexity index is 805. The molecule has 0 amide bonds. The number of hydrogen-bond donors (Lipinski definition) is 1. The molecule has 3 rings (SSSR count). The first-order valence-electron chi connectivity index (χ1n) is 5.74. The summed E-state index contributed by atoms with van der Waals surface area (Å²) in [7, 11) is 1.61. The van der Waals surface area contributed by atoms with Crippen LogP contribution in [0.25, 0.3) is 16.7 Å². The van der Waals surface area contributed by atoms with Crippen LogP contribution in [0.2, 0.25) is 0 Å². The van der Waals surface area contributed by atoms with Crippen LogP contribution < -0.4 is 10.4 Å². The zero-order chi connectivity index (χ0) is 13.4. The summed E-state index contributed by atoms with van der Waals surface area (Å²) in [4.78, 5) is 14.9. The van der Waals surface area contributed by atoms with Crippen molar-refractivity contribution in [1.82, 2.24) is 9.55 Å². The minimum absolute atomic E-state index is 0.165. The van der Waals surface area contributed by atoms with E-state index in [1.807, 2.05) is 42.5 Å². The molecule has 4 nitrogen and oxygen atoms in total. The Morgan fingerprint density at radius 1 is 1.21 bits per heavy atom. The second-order valence-electron chi connectivity index (χ2n) is 4.13. The van der Waals surface area contributed by atoms with Crippen LogP contribution in [0.1, 0.15) is 0 Å². The van der Waals surface area contributed by atoms with Gasteiger partial charge in [0.2, 0.25) is 0 Å². The number of H-pyrrole nitrogens is 1. The number of aromatic amines is 1. The zero-order valence-corrected chi connectivity index (χ0v) is 11.8. The summed E-state index contributed by atoms with van der Waals surface area (Å²) in [6.07, 6.45) is 0. The van der Waals surface area contributed by atoms with E-state index in [4.69, 9.17) is 4.74 Å². The molecule has 0 fully saturated rings. The Morgan fingerprint density at radius 2 is 2.05 bits per heavy atom. The fourth-order valence-corrected chi connectivity index (χ4v) is 2.47. The van der Waals surface area contributed by atoms with Gasteiger partial charge in [0.25, 0.3) is 0 Å². The third kappa shape index (κ3) is 2.06. The lowest BCUT2D eigenvalue weighted by Crippen LogP contribution is -2.14. The van der Waals surface area contributed by atoms with E-state index in [9.17, 15) is 4.79 Å². The van der Waals surface area contributed by atoms with E-state index in [0.717, 1.165) is 26.9 Å². The van der Waals surface area contributed by atoms with E-state index in [0.29, 0.717) is 0 Å². The van der Waals surface area contributed by atoms with Gasteiger partial charge in [0.15, 0.2) is 0 Å². The molecule has 3 aromatic rings. The lowest BCUT2D eigenvalue weighted by Gasteiger charge is -2.05. The van der Waals surface area contributed by atoms with Crippen molar-refractivity contribution in [3.8, 4) is 11.4 Å². The molecule has 5 heteroatoms. The summed E-state index contributed by atoms with van der Waals surface area (Å²) < 4.78 is 7.76. The number of rotatable bonds is 2. The van der Waals surface area contributed by atoms with Gasteiger partial charge < -0.3 is 9.72 Å². The number of nitrogens with one attached hydrogen (secondary N) is 1. The molecule has 0 unspecified atom stereocenters. The summed E-state index contributed by atoms with van der Waals surface area (Å²) >= 11 is 3.41. The highest BCUT2D eigenvalue weighted by Gasteiger charge is 2.09. The van der Waals surface area contributed by atoms with E-state index in [2.05, 4.69) is 20.9 Å². The molecule has 0 aliphatic rings. The number of hydrogen-bond acceptors (Lipinski definition) is 2. The number of halogens is 1. The van der Waals surface area contributed by atoms with Crippen molar-refractivity contribution < 1.29 is 4.74 Å². The Kier molecular flexibility index (Phi) is 2.91. The van der Waals surface area contributed by atoms with E-state index in [1.54, 1.807) is 11.7 Å². The first-order chi connectivity index (χ1) is 9.19. The first-order valence-corrected chi connectivity index (χ1v) is 6.53. The number of nitrogens with zero attached hydrogens (tertiary/aromatic N) is 1. The standard InChI is InChI=1S/C14H11BrN2O2/c1-19-11-5-6-12-13(8-11)17(14(18)16-12)10-4-2-3-9(15)7-10/h2-8H,1H3,(H,16,18). The molecule has 0 atom stereocenters. The SMILES string of the molecule is COc1ccc2[nH]c(=O)n(-c3cccc(Br)c3)c2c1. The summed E-state index contributed by atoms with van der Waals surface area (Å²) in [5.41, 5.74) is 2.22. The number of aromatic nitrogens is 2. The normalized spacial score (nSPS) is 10.8. The quantitative estimate of drug-likeness (QED) is 0.789. The Labute approximate surface area is 117 Å². The molecule has 19 heavy (non-hydrogen) atoms. The Hall–Kier alpha value is -2.01. The van der Waals surface area contributed by atoms with Gasteiger partial charge in [0.1, 0.15) is 5.75 Å². The third-order valence-electron chi connectivity index (χ3n) is 2.96. The van der Waals surface area contributed by atoms with Gasteiger partial charge in [0, 0.05) is 10.5 Å². The number of methoxy groups -OCH3 is 1. The van der Waals surface area contributed by atoms with Crippen LogP contribution in [0.15, 0.2) is 51.7 Å². The van der Waals surface area contributed by atoms with Gasteiger partial charge in [-0.05, 0) is 30.3 Å². The van der Waals surface area contributed by atoms with Crippen molar-refractivity contribution in [3.63, 3.8) is 0 Å². The molecule has 0 spiro atoms. The molecule has 0 bridgehead atoms. The minimum atomic E-state index is -0.165. The Balaban J connectivity index is 2.33. The first kappa shape index (κ1) is 12.0. The summed E-state index contributed by atoms with van der Waals surface area (Å²) in [5, 5.41) is 0. The van der Waals surface area contributed by atoms with Crippen molar-refractivity contribution >= 4 is 27.0 Å². The number of benzene rings is 2. The van der Waals surface area contributed by atoms with Gasteiger partial charge in [-0.15, -0.1) is 0 Å². The minimum Gasteiger partial charge on any atom is -0.497 e. The van der Waals surface area contributed by atoms with Crippen LogP contribution in [0.4, 0.5) is 0 Å². The number of ether oxygens (including phenoxy) is 1. The van der Waals surface area contributed by atoms with Crippen LogP contribution in [-0.2, 0) is 0 Å². The lowest BCUT2D eigenvalue weighted by molar-refractivity contribution is 0.415. The average molecular weight is 319 g/mol. The molecule has 1 aromatic heterocycles. The fraction of sp³-hybridized carbons (Fsp3) is 0.0714. The van der Waals surface area contributed by atoms with Crippen molar-refractivity contribution in [3.05, 3.63) is 57.4 Å². The molecule has 96 valence electrons. The van der Waals surface area contributed by atoms with Crippen molar-refractivity contribution in [2.45, 2.75) is 0 Å². The van der Waals surface area contributed by atoms with Gasteiger partial charge >= 0.3 is 5.69 Å². The summed E-state index contributed by atoms with van der Waals surface area (Å²) in [5.74, 6) is 0.718. The predicted octanol–water partition coefficient (Wildman–Crippen LogP) is 3.09. The molecule has 0 saturated carbocycles. The average Bonchev–Trinajstić information content (AvgIpc) is 2.73. The van der Waals surface area contributed by atoms with Gasteiger partial charge in [-0.3, -0.25) is 4.57 Å². The number of fused-ring (bicyclic) bond motifs is 1. The summed E-state index contributed by atoms with van der Waals surface area (Å²) in [6.45, 7) is 0. The molecule has 0 aliphatic carbocycles. The highest BCUT2D eigenvalue weighted by Crippen LogP contribution is 2.22. The van der Waals surface area contributed by atoms with E-state index in [1.165, 1.54) is 0 Å². The molecule has 0 radical (unpaired) electrons. The highest BCUT2D eigenvalue weighted by atomic mass is 79.9. The van der Waals surface area contributed by atoms with Crippen LogP contribution >= 0.6 is 15.9 Å². The number of imidazole rings is 1. The topological polar surface area (TPSA) is 47.0 Å². The second kappa shape index (κ2) is 4.59. The smallest absolute Gasteiger partial charge is 0.331 e. The van der Waals surface area contributed by atoms with Crippen molar-refractivity contribution in [2.75, 3.05) is 7.11 Å². The van der Waals surface area contributed by atoms with Crippen LogP contribution in [0.5, 0.6) is 5.75 Å².